The fourth-order valence-corrected chi connectivity index (χ4v) is 7.94. The van der Waals surface area contributed by atoms with Gasteiger partial charge in [0, 0.05) is 18.0 Å². The number of allylic oxidation sites excluding steroid dienone is 2. The lowest BCUT2D eigenvalue weighted by atomic mass is 9.57. The fourth-order valence-electron chi connectivity index (χ4n) is 7.94. The van der Waals surface area contributed by atoms with E-state index in [1.165, 1.54) is 0 Å². The molecule has 2 bridgehead atoms. The molecule has 4 atom stereocenters. The number of rotatable bonds is 2. The molecule has 33 heavy (non-hydrogen) atoms. The van der Waals surface area contributed by atoms with E-state index in [9.17, 15) is 19.5 Å². The van der Waals surface area contributed by atoms with Crippen molar-refractivity contribution in [2.24, 2.45) is 11.3 Å². The number of carbonyl (C=O) groups is 3. The lowest BCUT2D eigenvalue weighted by molar-refractivity contribution is -0.175. The van der Waals surface area contributed by atoms with Crippen molar-refractivity contribution in [2.45, 2.75) is 76.3 Å². The summed E-state index contributed by atoms with van der Waals surface area (Å²) in [6, 6.07) is 3.50. The number of hydrogen-bond donors (Lipinski definition) is 3. The van der Waals surface area contributed by atoms with Gasteiger partial charge < -0.3 is 20.6 Å². The molecule has 5 heterocycles. The van der Waals surface area contributed by atoms with Crippen LogP contribution in [0.1, 0.15) is 64.5 Å². The molecule has 1 aromatic rings. The van der Waals surface area contributed by atoms with Crippen LogP contribution in [0, 0.1) is 11.3 Å². The van der Waals surface area contributed by atoms with E-state index in [1.807, 2.05) is 30.9 Å². The Morgan fingerprint density at radius 2 is 1.97 bits per heavy atom. The molecule has 7 rings (SSSR count). The van der Waals surface area contributed by atoms with Gasteiger partial charge in [-0.1, -0.05) is 31.6 Å². The van der Waals surface area contributed by atoms with Crippen LogP contribution in [-0.4, -0.2) is 45.4 Å². The largest absolute Gasteiger partial charge is 0.508 e. The molecule has 1 unspecified atom stereocenters. The van der Waals surface area contributed by atoms with Crippen molar-refractivity contribution in [3.63, 3.8) is 0 Å². The van der Waals surface area contributed by atoms with Crippen LogP contribution in [0.5, 0.6) is 5.75 Å². The summed E-state index contributed by atoms with van der Waals surface area (Å²) in [6.07, 6.45) is 4.91. The topological polar surface area (TPSA) is 98.7 Å². The number of phenols is 1. The second-order valence-corrected chi connectivity index (χ2v) is 11.5. The molecule has 5 fully saturated rings. The van der Waals surface area contributed by atoms with Gasteiger partial charge in [-0.2, -0.15) is 0 Å². The Morgan fingerprint density at radius 3 is 2.70 bits per heavy atom. The number of benzene rings is 1. The van der Waals surface area contributed by atoms with E-state index in [0.717, 1.165) is 17.6 Å². The second-order valence-electron chi connectivity index (χ2n) is 11.5. The van der Waals surface area contributed by atoms with Crippen molar-refractivity contribution in [1.82, 2.24) is 10.2 Å². The standard InChI is InChI=1S/C26H31N3O4/c1-14(2)6-7-15-17(30)9-8-16-19(15)27-21(32)25(16)13-26-18(23(25,3)4)12-24(20(31)28-26)10-5-11-29(24)22(26)33/h6,8-9,18,30H,5,7,10-13H2,1-4H3,(H,27,32)(H,28,31)/t18-,24+,25+,26?/m1/s1. The maximum absolute atomic E-state index is 13.9. The number of aromatic hydroxyl groups is 1. The van der Waals surface area contributed by atoms with Crippen molar-refractivity contribution in [3.8, 4) is 5.75 Å². The third kappa shape index (κ3) is 2.10. The molecule has 7 heteroatoms. The summed E-state index contributed by atoms with van der Waals surface area (Å²) in [5.74, 6) is -0.211. The number of nitrogens with zero attached hydrogens (tertiary/aromatic N) is 1. The normalized spacial score (nSPS) is 37.0. The molecule has 1 aromatic carbocycles. The zero-order chi connectivity index (χ0) is 23.6. The highest BCUT2D eigenvalue weighted by Crippen LogP contribution is 2.70. The molecule has 4 saturated heterocycles. The van der Waals surface area contributed by atoms with Crippen LogP contribution >= 0.6 is 0 Å². The fraction of sp³-hybridized carbons (Fsp3) is 0.577. The van der Waals surface area contributed by atoms with Crippen molar-refractivity contribution >= 4 is 23.4 Å². The first kappa shape index (κ1) is 20.8. The second kappa shape index (κ2) is 5.99. The van der Waals surface area contributed by atoms with Gasteiger partial charge in [-0.3, -0.25) is 14.4 Å². The van der Waals surface area contributed by atoms with Crippen LogP contribution in [0.25, 0.3) is 0 Å². The van der Waals surface area contributed by atoms with Crippen LogP contribution < -0.4 is 10.6 Å². The number of fused-ring (bicyclic) bond motifs is 3. The summed E-state index contributed by atoms with van der Waals surface area (Å²) in [4.78, 5) is 42.9. The third-order valence-corrected chi connectivity index (χ3v) is 9.62. The molecule has 3 amide bonds. The number of nitrogens with one attached hydrogen (secondary N) is 2. The molecule has 174 valence electrons. The minimum absolute atomic E-state index is 0.0226. The maximum atomic E-state index is 13.9. The molecule has 7 nitrogen and oxygen atoms in total. The summed E-state index contributed by atoms with van der Waals surface area (Å²) < 4.78 is 0. The Labute approximate surface area is 193 Å². The predicted octanol–water partition coefficient (Wildman–Crippen LogP) is 2.77. The van der Waals surface area contributed by atoms with Gasteiger partial charge in [-0.05, 0) is 63.0 Å². The average Bonchev–Trinajstić information content (AvgIpc) is 3.35. The van der Waals surface area contributed by atoms with Gasteiger partial charge in [0.15, 0.2) is 0 Å². The Kier molecular flexibility index (Phi) is 3.77. The van der Waals surface area contributed by atoms with Crippen molar-refractivity contribution in [1.29, 1.82) is 0 Å². The van der Waals surface area contributed by atoms with Crippen molar-refractivity contribution < 1.29 is 19.5 Å². The molecule has 6 aliphatic rings. The Balaban J connectivity index is 1.55. The number of amides is 3. The van der Waals surface area contributed by atoms with Gasteiger partial charge in [-0.25, -0.2) is 0 Å². The van der Waals surface area contributed by atoms with Gasteiger partial charge in [0.25, 0.3) is 0 Å². The first-order valence-corrected chi connectivity index (χ1v) is 12.0. The lowest BCUT2D eigenvalue weighted by Crippen LogP contribution is -2.81. The molecule has 5 aliphatic heterocycles. The number of piperidine rings is 2. The highest BCUT2D eigenvalue weighted by Gasteiger charge is 2.80. The molecular formula is C26H31N3O4. The molecule has 3 N–H and O–H groups in total. The molecule has 3 spiro atoms. The number of carbonyl (C=O) groups excluding carboxylic acids is 3. The summed E-state index contributed by atoms with van der Waals surface area (Å²) in [5.41, 5.74) is -0.0558. The molecule has 1 saturated carbocycles. The van der Waals surface area contributed by atoms with Crippen LogP contribution in [0.4, 0.5) is 5.69 Å². The maximum Gasteiger partial charge on any atom is 0.249 e. The summed E-state index contributed by atoms with van der Waals surface area (Å²) in [6.45, 7) is 8.78. The van der Waals surface area contributed by atoms with E-state index in [-0.39, 0.29) is 35.8 Å². The lowest BCUT2D eigenvalue weighted by Gasteiger charge is -2.59. The van der Waals surface area contributed by atoms with Crippen molar-refractivity contribution in [3.05, 3.63) is 34.9 Å². The van der Waals surface area contributed by atoms with Crippen LogP contribution in [-0.2, 0) is 26.2 Å². The smallest absolute Gasteiger partial charge is 0.249 e. The predicted molar refractivity (Wildman–Crippen MR) is 123 cm³/mol. The highest BCUT2D eigenvalue weighted by atomic mass is 16.3. The number of anilines is 1. The van der Waals surface area contributed by atoms with Gasteiger partial charge >= 0.3 is 0 Å². The first-order valence-electron chi connectivity index (χ1n) is 12.0. The van der Waals surface area contributed by atoms with E-state index < -0.39 is 21.9 Å². The summed E-state index contributed by atoms with van der Waals surface area (Å²) in [7, 11) is 0. The van der Waals surface area contributed by atoms with Gasteiger partial charge in [0.05, 0.1) is 11.1 Å². The minimum Gasteiger partial charge on any atom is -0.508 e. The van der Waals surface area contributed by atoms with Crippen molar-refractivity contribution in [2.75, 3.05) is 11.9 Å². The zero-order valence-electron chi connectivity index (χ0n) is 19.7. The Morgan fingerprint density at radius 1 is 1.21 bits per heavy atom. The monoisotopic (exact) mass is 449 g/mol. The summed E-state index contributed by atoms with van der Waals surface area (Å²) in [5, 5.41) is 16.9. The van der Waals surface area contributed by atoms with Crippen LogP contribution in [0.3, 0.4) is 0 Å². The summed E-state index contributed by atoms with van der Waals surface area (Å²) >= 11 is 0. The Bertz CT molecular complexity index is 1180. The number of phenolic OH excluding ortho intramolecular Hbond substituents is 1. The third-order valence-electron chi connectivity index (χ3n) is 9.62. The number of hydrogen-bond acceptors (Lipinski definition) is 4. The van der Waals surface area contributed by atoms with Crippen LogP contribution in [0.2, 0.25) is 0 Å². The van der Waals surface area contributed by atoms with Gasteiger partial charge in [-0.15, -0.1) is 0 Å². The van der Waals surface area contributed by atoms with E-state index in [1.54, 1.807) is 6.07 Å². The zero-order valence-corrected chi connectivity index (χ0v) is 19.7. The molecule has 0 aromatic heterocycles. The van der Waals surface area contributed by atoms with Crippen LogP contribution in [0.15, 0.2) is 23.8 Å². The molecule has 0 radical (unpaired) electrons. The SMILES string of the molecule is CC(C)=CCc1c(O)ccc2c1NC(=O)[C@]21CC23NC(=O)[C@]4(CCCN4C2=O)C[C@@H]3C1(C)C. The first-order chi connectivity index (χ1) is 15.5. The minimum atomic E-state index is -1.07. The van der Waals surface area contributed by atoms with E-state index in [2.05, 4.69) is 24.5 Å². The van der Waals surface area contributed by atoms with E-state index in [4.69, 9.17) is 0 Å². The average molecular weight is 450 g/mol. The molecular weight excluding hydrogens is 418 g/mol. The number of piperazine rings is 1. The Hall–Kier alpha value is -2.83. The molecule has 1 aliphatic carbocycles. The highest BCUT2D eigenvalue weighted by molar-refractivity contribution is 6.12. The van der Waals surface area contributed by atoms with Gasteiger partial charge in [0.2, 0.25) is 17.7 Å². The quantitative estimate of drug-likeness (QED) is 0.605. The van der Waals surface area contributed by atoms with E-state index in [0.29, 0.717) is 37.1 Å². The van der Waals surface area contributed by atoms with E-state index >= 15 is 0 Å². The van der Waals surface area contributed by atoms with Gasteiger partial charge in [0.1, 0.15) is 16.8 Å².